The number of unbranched alkanes of at least 4 members (excludes halogenated alkanes) is 1. The van der Waals surface area contributed by atoms with Gasteiger partial charge < -0.3 is 11.0 Å². The highest BCUT2D eigenvalue weighted by atomic mass is 31.2. The normalized spacial score (nSPS) is 16.1. The van der Waals surface area contributed by atoms with Crippen LogP contribution in [0.4, 0.5) is 0 Å². The molecular weight excluding hydrogens is 289 g/mol. The van der Waals surface area contributed by atoms with Crippen molar-refractivity contribution >= 4 is 7.82 Å². The molecule has 21 heavy (non-hydrogen) atoms. The lowest BCUT2D eigenvalue weighted by Gasteiger charge is -2.31. The van der Waals surface area contributed by atoms with E-state index in [2.05, 4.69) is 20.8 Å². The first kappa shape index (κ1) is 23.3. The summed E-state index contributed by atoms with van der Waals surface area (Å²) in [5.74, 6) is 0. The molecule has 2 atom stereocenters. The monoisotopic (exact) mass is 325 g/mol. The van der Waals surface area contributed by atoms with E-state index in [0.717, 1.165) is 44.9 Å². The molecule has 0 rings (SSSR count). The van der Waals surface area contributed by atoms with Crippen molar-refractivity contribution in [2.45, 2.75) is 85.7 Å². The number of phosphoric ester groups is 1. The van der Waals surface area contributed by atoms with E-state index >= 15 is 0 Å². The first-order chi connectivity index (χ1) is 9.34. The van der Waals surface area contributed by atoms with Gasteiger partial charge in [0.15, 0.2) is 0 Å². The maximum atomic E-state index is 11.7. The van der Waals surface area contributed by atoms with Gasteiger partial charge in [-0.15, -0.1) is 0 Å². The summed E-state index contributed by atoms with van der Waals surface area (Å²) in [7, 11) is -3.89. The fraction of sp³-hybridized carbons (Fsp3) is 1.00. The van der Waals surface area contributed by atoms with Crippen molar-refractivity contribution in [3.63, 3.8) is 0 Å². The standard InChI is InChI=1S/C15H33O4P.H3N/c1-6-10-13-18-20(16,17)19-14(5)11-12-15(7-2,8-3)9-4;/h14H,6-13H2,1-5H3,(H,16,17);1H3. The Hall–Kier alpha value is 0.0700. The van der Waals surface area contributed by atoms with E-state index in [9.17, 15) is 9.46 Å². The fourth-order valence-electron chi connectivity index (χ4n) is 2.42. The first-order valence-corrected chi connectivity index (χ1v) is 9.50. The minimum Gasteiger partial charge on any atom is -0.344 e. The minimum atomic E-state index is -3.89. The van der Waals surface area contributed by atoms with Gasteiger partial charge in [0.1, 0.15) is 0 Å². The van der Waals surface area contributed by atoms with E-state index in [0.29, 0.717) is 5.41 Å². The highest BCUT2D eigenvalue weighted by Crippen LogP contribution is 2.46. The summed E-state index contributed by atoms with van der Waals surface area (Å²) in [5.41, 5.74) is 0.333. The molecule has 2 unspecified atom stereocenters. The van der Waals surface area contributed by atoms with Gasteiger partial charge in [0, 0.05) is 0 Å². The van der Waals surface area contributed by atoms with Gasteiger partial charge in [-0.05, 0) is 31.6 Å². The zero-order valence-electron chi connectivity index (χ0n) is 14.6. The third-order valence-corrected chi connectivity index (χ3v) is 5.53. The Kier molecular flexibility index (Phi) is 12.9. The molecule has 0 radical (unpaired) electrons. The fourth-order valence-corrected chi connectivity index (χ4v) is 3.41. The van der Waals surface area contributed by atoms with Crippen molar-refractivity contribution in [1.29, 1.82) is 0 Å². The van der Waals surface area contributed by atoms with Crippen LogP contribution in [0, 0.1) is 5.41 Å². The first-order valence-electron chi connectivity index (χ1n) is 8.00. The molecule has 0 aliphatic carbocycles. The molecule has 0 saturated heterocycles. The Bertz CT molecular complexity index is 287. The predicted octanol–water partition coefficient (Wildman–Crippen LogP) is 5.47. The SMILES string of the molecule is CCCCOP(=O)(O)OC(C)CCC(CC)(CC)CC.N. The van der Waals surface area contributed by atoms with Crippen LogP contribution in [0.1, 0.15) is 79.6 Å². The Morgan fingerprint density at radius 3 is 2.10 bits per heavy atom. The maximum Gasteiger partial charge on any atom is 0.472 e. The van der Waals surface area contributed by atoms with Gasteiger partial charge in [0.25, 0.3) is 0 Å². The summed E-state index contributed by atoms with van der Waals surface area (Å²) in [5, 5.41) is 0. The van der Waals surface area contributed by atoms with Gasteiger partial charge in [-0.25, -0.2) is 4.57 Å². The second-order valence-electron chi connectivity index (χ2n) is 5.67. The molecule has 0 aliphatic heterocycles. The van der Waals surface area contributed by atoms with Gasteiger partial charge in [-0.3, -0.25) is 9.05 Å². The second-order valence-corrected chi connectivity index (χ2v) is 7.08. The second kappa shape index (κ2) is 11.6. The van der Waals surface area contributed by atoms with Gasteiger partial charge >= 0.3 is 7.82 Å². The van der Waals surface area contributed by atoms with Gasteiger partial charge in [-0.2, -0.15) is 0 Å². The molecule has 6 heteroatoms. The smallest absolute Gasteiger partial charge is 0.344 e. The summed E-state index contributed by atoms with van der Waals surface area (Å²) < 4.78 is 21.9. The molecule has 0 spiro atoms. The summed E-state index contributed by atoms with van der Waals surface area (Å²) in [4.78, 5) is 9.62. The summed E-state index contributed by atoms with van der Waals surface area (Å²) in [6, 6.07) is 0. The molecule has 4 N–H and O–H groups in total. The minimum absolute atomic E-state index is 0. The maximum absolute atomic E-state index is 11.7. The van der Waals surface area contributed by atoms with Crippen molar-refractivity contribution in [3.8, 4) is 0 Å². The predicted molar refractivity (Wildman–Crippen MR) is 88.8 cm³/mol. The van der Waals surface area contributed by atoms with Crippen LogP contribution in [0.25, 0.3) is 0 Å². The number of hydrogen-bond donors (Lipinski definition) is 2. The van der Waals surface area contributed by atoms with Gasteiger partial charge in [0.05, 0.1) is 12.7 Å². The Labute approximate surface area is 131 Å². The molecule has 5 nitrogen and oxygen atoms in total. The third kappa shape index (κ3) is 9.64. The topological polar surface area (TPSA) is 90.8 Å². The lowest BCUT2D eigenvalue weighted by Crippen LogP contribution is -2.20. The average Bonchev–Trinajstić information content (AvgIpc) is 2.40. The van der Waals surface area contributed by atoms with E-state index < -0.39 is 7.82 Å². The molecule has 0 aromatic rings. The molecule has 130 valence electrons. The van der Waals surface area contributed by atoms with E-state index in [4.69, 9.17) is 9.05 Å². The molecule has 0 heterocycles. The highest BCUT2D eigenvalue weighted by Gasteiger charge is 2.28. The molecule has 0 saturated carbocycles. The van der Waals surface area contributed by atoms with Crippen molar-refractivity contribution in [3.05, 3.63) is 0 Å². The Morgan fingerprint density at radius 2 is 1.67 bits per heavy atom. The lowest BCUT2D eigenvalue weighted by atomic mass is 9.75. The Balaban J connectivity index is 0. The van der Waals surface area contributed by atoms with Crippen LogP contribution in [0.2, 0.25) is 0 Å². The summed E-state index contributed by atoms with van der Waals surface area (Å²) in [6.45, 7) is 10.8. The summed E-state index contributed by atoms with van der Waals surface area (Å²) in [6.07, 6.45) is 6.67. The highest BCUT2D eigenvalue weighted by molar-refractivity contribution is 7.47. The summed E-state index contributed by atoms with van der Waals surface area (Å²) >= 11 is 0. The van der Waals surface area contributed by atoms with E-state index in [-0.39, 0.29) is 18.9 Å². The number of phosphoric acid groups is 1. The molecular formula is C15H36NO4P. The zero-order valence-corrected chi connectivity index (χ0v) is 15.5. The van der Waals surface area contributed by atoms with Crippen molar-refractivity contribution in [2.24, 2.45) is 5.41 Å². The van der Waals surface area contributed by atoms with Gasteiger partial charge in [-0.1, -0.05) is 53.4 Å². The van der Waals surface area contributed by atoms with Crippen molar-refractivity contribution in [2.75, 3.05) is 6.61 Å². The van der Waals surface area contributed by atoms with Crippen molar-refractivity contribution < 1.29 is 18.5 Å². The van der Waals surface area contributed by atoms with E-state index in [1.807, 2.05) is 13.8 Å². The van der Waals surface area contributed by atoms with Crippen LogP contribution >= 0.6 is 7.82 Å². The van der Waals surface area contributed by atoms with Crippen LogP contribution in [0.3, 0.4) is 0 Å². The number of hydrogen-bond acceptors (Lipinski definition) is 4. The third-order valence-electron chi connectivity index (χ3n) is 4.40. The van der Waals surface area contributed by atoms with Crippen molar-refractivity contribution in [1.82, 2.24) is 6.15 Å². The number of rotatable bonds is 12. The molecule has 0 aliphatic rings. The van der Waals surface area contributed by atoms with Crippen LogP contribution < -0.4 is 6.15 Å². The molecule has 0 amide bonds. The van der Waals surface area contributed by atoms with Crippen LogP contribution in [-0.2, 0) is 13.6 Å². The van der Waals surface area contributed by atoms with Crippen LogP contribution in [0.5, 0.6) is 0 Å². The average molecular weight is 325 g/mol. The van der Waals surface area contributed by atoms with Crippen LogP contribution in [-0.4, -0.2) is 17.6 Å². The van der Waals surface area contributed by atoms with E-state index in [1.165, 1.54) is 0 Å². The zero-order chi connectivity index (χ0) is 15.6. The van der Waals surface area contributed by atoms with E-state index in [1.54, 1.807) is 0 Å². The quantitative estimate of drug-likeness (QED) is 0.367. The molecule has 0 fully saturated rings. The largest absolute Gasteiger partial charge is 0.472 e. The Morgan fingerprint density at radius 1 is 1.14 bits per heavy atom. The van der Waals surface area contributed by atoms with Crippen LogP contribution in [0.15, 0.2) is 0 Å². The molecule has 0 aromatic carbocycles. The molecule has 0 aromatic heterocycles. The van der Waals surface area contributed by atoms with Gasteiger partial charge in [0.2, 0.25) is 0 Å². The lowest BCUT2D eigenvalue weighted by molar-refractivity contribution is 0.0932. The molecule has 0 bridgehead atoms.